The van der Waals surface area contributed by atoms with Gasteiger partial charge in [0.15, 0.2) is 11.5 Å². The SMILES string of the molecule is O=C(Cc1ccc2c(c1)OCO2)N/N=C\c1ccccc1OCc1ccccc1. The first-order valence-electron chi connectivity index (χ1n) is 9.24. The lowest BCUT2D eigenvalue weighted by atomic mass is 10.1. The predicted octanol–water partition coefficient (Wildman–Crippen LogP) is 3.69. The van der Waals surface area contributed by atoms with E-state index in [1.165, 1.54) is 0 Å². The highest BCUT2D eigenvalue weighted by Crippen LogP contribution is 2.32. The van der Waals surface area contributed by atoms with Crippen molar-refractivity contribution in [3.8, 4) is 17.2 Å². The minimum absolute atomic E-state index is 0.195. The van der Waals surface area contributed by atoms with Crippen molar-refractivity contribution in [2.45, 2.75) is 13.0 Å². The third-order valence-corrected chi connectivity index (χ3v) is 4.35. The average Bonchev–Trinajstić information content (AvgIpc) is 3.22. The number of carbonyl (C=O) groups is 1. The second-order valence-corrected chi connectivity index (χ2v) is 6.47. The lowest BCUT2D eigenvalue weighted by Gasteiger charge is -2.09. The molecular formula is C23H20N2O4. The van der Waals surface area contributed by atoms with E-state index >= 15 is 0 Å². The Hall–Kier alpha value is -3.80. The monoisotopic (exact) mass is 388 g/mol. The van der Waals surface area contributed by atoms with Gasteiger partial charge in [-0.15, -0.1) is 0 Å². The maximum absolute atomic E-state index is 12.2. The Balaban J connectivity index is 1.33. The Kier molecular flexibility index (Phi) is 5.71. The van der Waals surface area contributed by atoms with Crippen molar-refractivity contribution in [3.63, 3.8) is 0 Å². The van der Waals surface area contributed by atoms with Gasteiger partial charge >= 0.3 is 0 Å². The molecule has 6 nitrogen and oxygen atoms in total. The molecule has 0 bridgehead atoms. The van der Waals surface area contributed by atoms with Crippen LogP contribution < -0.4 is 19.6 Å². The quantitative estimate of drug-likeness (QED) is 0.495. The standard InChI is InChI=1S/C23H20N2O4/c26-23(13-18-10-11-21-22(12-18)29-16-28-21)25-24-14-19-8-4-5-9-20(19)27-15-17-6-2-1-3-7-17/h1-12,14H,13,15-16H2,(H,25,26)/b24-14-. The Morgan fingerprint density at radius 1 is 0.966 bits per heavy atom. The molecule has 29 heavy (non-hydrogen) atoms. The van der Waals surface area contributed by atoms with E-state index in [4.69, 9.17) is 14.2 Å². The van der Waals surface area contributed by atoms with E-state index < -0.39 is 0 Å². The maximum Gasteiger partial charge on any atom is 0.244 e. The number of amides is 1. The smallest absolute Gasteiger partial charge is 0.244 e. The number of carbonyl (C=O) groups excluding carboxylic acids is 1. The first kappa shape index (κ1) is 18.6. The fourth-order valence-electron chi connectivity index (χ4n) is 2.90. The van der Waals surface area contributed by atoms with Crippen molar-refractivity contribution in [2.75, 3.05) is 6.79 Å². The molecule has 0 saturated heterocycles. The van der Waals surface area contributed by atoms with Gasteiger partial charge in [0.1, 0.15) is 12.4 Å². The minimum atomic E-state index is -0.220. The second kappa shape index (κ2) is 8.93. The van der Waals surface area contributed by atoms with Gasteiger partial charge in [-0.2, -0.15) is 5.10 Å². The molecule has 1 N–H and O–H groups in total. The summed E-state index contributed by atoms with van der Waals surface area (Å²) in [5.41, 5.74) is 5.24. The number of ether oxygens (including phenoxy) is 3. The van der Waals surface area contributed by atoms with Crippen LogP contribution >= 0.6 is 0 Å². The summed E-state index contributed by atoms with van der Waals surface area (Å²) < 4.78 is 16.5. The zero-order valence-electron chi connectivity index (χ0n) is 15.7. The van der Waals surface area contributed by atoms with Gasteiger partial charge < -0.3 is 14.2 Å². The minimum Gasteiger partial charge on any atom is -0.488 e. The highest BCUT2D eigenvalue weighted by Gasteiger charge is 2.14. The summed E-state index contributed by atoms with van der Waals surface area (Å²) in [5, 5.41) is 4.07. The molecule has 3 aromatic carbocycles. The molecule has 0 aliphatic carbocycles. The number of para-hydroxylation sites is 1. The zero-order chi connectivity index (χ0) is 19.9. The Morgan fingerprint density at radius 3 is 2.66 bits per heavy atom. The van der Waals surface area contributed by atoms with Crippen molar-refractivity contribution in [1.29, 1.82) is 0 Å². The van der Waals surface area contributed by atoms with Gasteiger partial charge in [0.05, 0.1) is 12.6 Å². The van der Waals surface area contributed by atoms with Crippen LogP contribution in [-0.4, -0.2) is 18.9 Å². The molecular weight excluding hydrogens is 368 g/mol. The predicted molar refractivity (Wildman–Crippen MR) is 109 cm³/mol. The molecule has 6 heteroatoms. The Bertz CT molecular complexity index is 1020. The van der Waals surface area contributed by atoms with Gasteiger partial charge in [0.2, 0.25) is 12.7 Å². The summed E-state index contributed by atoms with van der Waals surface area (Å²) in [6.45, 7) is 0.670. The van der Waals surface area contributed by atoms with Crippen LogP contribution in [0.1, 0.15) is 16.7 Å². The van der Waals surface area contributed by atoms with E-state index in [0.29, 0.717) is 23.9 Å². The molecule has 146 valence electrons. The highest BCUT2D eigenvalue weighted by molar-refractivity contribution is 5.85. The molecule has 0 saturated carbocycles. The van der Waals surface area contributed by atoms with Crippen LogP contribution in [-0.2, 0) is 17.8 Å². The Labute approximate surface area is 168 Å². The molecule has 0 radical (unpaired) electrons. The van der Waals surface area contributed by atoms with Gasteiger partial charge in [-0.25, -0.2) is 5.43 Å². The van der Waals surface area contributed by atoms with Crippen molar-refractivity contribution in [3.05, 3.63) is 89.5 Å². The van der Waals surface area contributed by atoms with Gasteiger partial charge in [-0.05, 0) is 35.4 Å². The lowest BCUT2D eigenvalue weighted by Crippen LogP contribution is -2.19. The first-order chi connectivity index (χ1) is 14.3. The number of hydrazone groups is 1. The van der Waals surface area contributed by atoms with Crippen LogP contribution in [0.25, 0.3) is 0 Å². The molecule has 1 aliphatic heterocycles. The third kappa shape index (κ3) is 4.93. The summed E-state index contributed by atoms with van der Waals surface area (Å²) >= 11 is 0. The molecule has 1 aliphatic rings. The van der Waals surface area contributed by atoms with E-state index in [9.17, 15) is 4.79 Å². The summed E-state index contributed by atoms with van der Waals surface area (Å²) in [5.74, 6) is 1.83. The molecule has 3 aromatic rings. The molecule has 4 rings (SSSR count). The van der Waals surface area contributed by atoms with Crippen LogP contribution in [0.4, 0.5) is 0 Å². The Morgan fingerprint density at radius 2 is 1.76 bits per heavy atom. The molecule has 0 fully saturated rings. The zero-order valence-corrected chi connectivity index (χ0v) is 15.7. The van der Waals surface area contributed by atoms with E-state index in [-0.39, 0.29) is 19.1 Å². The van der Waals surface area contributed by atoms with Crippen LogP contribution in [0.3, 0.4) is 0 Å². The number of hydrogen-bond acceptors (Lipinski definition) is 5. The third-order valence-electron chi connectivity index (χ3n) is 4.35. The molecule has 0 aromatic heterocycles. The number of benzene rings is 3. The summed E-state index contributed by atoms with van der Waals surface area (Å²) in [6.07, 6.45) is 1.78. The summed E-state index contributed by atoms with van der Waals surface area (Å²) in [7, 11) is 0. The number of nitrogens with zero attached hydrogens (tertiary/aromatic N) is 1. The van der Waals surface area contributed by atoms with Crippen LogP contribution in [0.15, 0.2) is 77.9 Å². The van der Waals surface area contributed by atoms with E-state index in [0.717, 1.165) is 16.7 Å². The molecule has 1 amide bonds. The van der Waals surface area contributed by atoms with Gasteiger partial charge in [0, 0.05) is 5.56 Å². The topological polar surface area (TPSA) is 69.2 Å². The van der Waals surface area contributed by atoms with Crippen molar-refractivity contribution >= 4 is 12.1 Å². The van der Waals surface area contributed by atoms with E-state index in [1.807, 2.05) is 60.7 Å². The second-order valence-electron chi connectivity index (χ2n) is 6.47. The van der Waals surface area contributed by atoms with Gasteiger partial charge in [-0.3, -0.25) is 4.79 Å². The number of nitrogens with one attached hydrogen (secondary N) is 1. The normalized spacial score (nSPS) is 12.1. The fraction of sp³-hybridized carbons (Fsp3) is 0.130. The fourth-order valence-corrected chi connectivity index (χ4v) is 2.90. The van der Waals surface area contributed by atoms with Crippen LogP contribution in [0, 0.1) is 0 Å². The number of fused-ring (bicyclic) bond motifs is 1. The van der Waals surface area contributed by atoms with Crippen molar-refractivity contribution in [2.24, 2.45) is 5.10 Å². The first-order valence-corrected chi connectivity index (χ1v) is 9.24. The lowest BCUT2D eigenvalue weighted by molar-refractivity contribution is -0.120. The van der Waals surface area contributed by atoms with E-state index in [1.54, 1.807) is 18.3 Å². The van der Waals surface area contributed by atoms with Crippen molar-refractivity contribution in [1.82, 2.24) is 5.43 Å². The summed E-state index contributed by atoms with van der Waals surface area (Å²) in [4.78, 5) is 12.2. The number of rotatable bonds is 7. The molecule has 0 unspecified atom stereocenters. The van der Waals surface area contributed by atoms with Crippen LogP contribution in [0.2, 0.25) is 0 Å². The maximum atomic E-state index is 12.2. The van der Waals surface area contributed by atoms with Gasteiger partial charge in [-0.1, -0.05) is 48.5 Å². The average molecular weight is 388 g/mol. The molecule has 1 heterocycles. The highest BCUT2D eigenvalue weighted by atomic mass is 16.7. The molecule has 0 spiro atoms. The van der Waals surface area contributed by atoms with E-state index in [2.05, 4.69) is 10.5 Å². The number of hydrogen-bond donors (Lipinski definition) is 1. The van der Waals surface area contributed by atoms with Crippen molar-refractivity contribution < 1.29 is 19.0 Å². The van der Waals surface area contributed by atoms with Gasteiger partial charge in [0.25, 0.3) is 0 Å². The largest absolute Gasteiger partial charge is 0.488 e. The molecule has 0 atom stereocenters. The summed E-state index contributed by atoms with van der Waals surface area (Å²) in [6, 6.07) is 22.9. The van der Waals surface area contributed by atoms with Crippen LogP contribution in [0.5, 0.6) is 17.2 Å².